The molecule has 2 unspecified atom stereocenters. The molecule has 34 heavy (non-hydrogen) atoms. The van der Waals surface area contributed by atoms with Crippen LogP contribution in [0.25, 0.3) is 11.2 Å². The fraction of sp³-hybridized carbons (Fsp3) is 0.684. The van der Waals surface area contributed by atoms with Crippen molar-refractivity contribution < 1.29 is 32.6 Å². The largest absolute Gasteiger partial charge is 0.476 e. The standard InChI is InChI=1S/C19H28ClN6O7P/c1-6-29-15-12-14(23-18(21)24-15)26(8-22-12)17-19(5,20)13-11(32-17)7-30-34(28,33-13)25-10(4)16(27)31-9(2)3/h8-11,13,17H,6-7H2,1-5H3,(H,25,28)(H2,21,23,24)/t10?,11-,13-,17-,19-,34?/m1/s1. The van der Waals surface area contributed by atoms with E-state index < -0.39 is 43.1 Å². The second kappa shape index (κ2) is 9.21. The third-order valence-electron chi connectivity index (χ3n) is 5.34. The molecule has 0 saturated carbocycles. The number of hydrogen-bond donors (Lipinski definition) is 2. The van der Waals surface area contributed by atoms with Crippen LogP contribution in [0.2, 0.25) is 0 Å². The number of halogens is 1. The summed E-state index contributed by atoms with van der Waals surface area (Å²) >= 11 is 6.93. The summed E-state index contributed by atoms with van der Waals surface area (Å²) in [6, 6.07) is -0.932. The smallest absolute Gasteiger partial charge is 0.406 e. The number of fused-ring (bicyclic) bond motifs is 2. The van der Waals surface area contributed by atoms with E-state index in [2.05, 4.69) is 20.0 Å². The number of nitrogens with zero attached hydrogens (tertiary/aromatic N) is 4. The number of alkyl halides is 1. The van der Waals surface area contributed by atoms with Gasteiger partial charge in [0.1, 0.15) is 23.1 Å². The first-order chi connectivity index (χ1) is 15.9. The molecule has 2 aliphatic rings. The van der Waals surface area contributed by atoms with Crippen LogP contribution in [0.4, 0.5) is 5.95 Å². The molecule has 2 saturated heterocycles. The van der Waals surface area contributed by atoms with Gasteiger partial charge in [-0.3, -0.25) is 18.4 Å². The molecule has 3 N–H and O–H groups in total. The highest BCUT2D eigenvalue weighted by Gasteiger charge is 2.60. The Labute approximate surface area is 201 Å². The van der Waals surface area contributed by atoms with E-state index in [4.69, 9.17) is 40.6 Å². The number of nitrogens with one attached hydrogen (secondary N) is 1. The summed E-state index contributed by atoms with van der Waals surface area (Å²) in [5.74, 6) is -0.341. The van der Waals surface area contributed by atoms with Gasteiger partial charge in [0.2, 0.25) is 11.8 Å². The highest BCUT2D eigenvalue weighted by molar-refractivity contribution is 7.51. The first-order valence-corrected chi connectivity index (χ1v) is 12.8. The molecule has 4 heterocycles. The Hall–Kier alpha value is -2.02. The zero-order valence-corrected chi connectivity index (χ0v) is 21.1. The predicted octanol–water partition coefficient (Wildman–Crippen LogP) is 2.16. The summed E-state index contributed by atoms with van der Waals surface area (Å²) in [5, 5.41) is 2.61. The Balaban J connectivity index is 1.58. The van der Waals surface area contributed by atoms with Gasteiger partial charge in [-0.2, -0.15) is 9.97 Å². The van der Waals surface area contributed by atoms with Crippen molar-refractivity contribution in [3.63, 3.8) is 0 Å². The van der Waals surface area contributed by atoms with Crippen LogP contribution >= 0.6 is 19.3 Å². The SMILES string of the molecule is CCOc1nc(N)nc2c1ncn2[C@@H]1O[C@@H]2COP(=O)(NC(C)C(=O)OC(C)C)O[C@H]2[C@@]1(C)Cl. The summed E-state index contributed by atoms with van der Waals surface area (Å²) in [7, 11) is -3.90. The van der Waals surface area contributed by atoms with Gasteiger partial charge < -0.3 is 19.9 Å². The van der Waals surface area contributed by atoms with E-state index in [-0.39, 0.29) is 24.5 Å². The Morgan fingerprint density at radius 1 is 1.44 bits per heavy atom. The summed E-state index contributed by atoms with van der Waals surface area (Å²) in [6.45, 7) is 8.74. The summed E-state index contributed by atoms with van der Waals surface area (Å²) in [4.78, 5) is 23.6. The molecule has 0 spiro atoms. The van der Waals surface area contributed by atoms with Crippen molar-refractivity contribution >= 4 is 42.4 Å². The molecule has 0 radical (unpaired) electrons. The van der Waals surface area contributed by atoms with Gasteiger partial charge in [-0.1, -0.05) is 0 Å². The number of imidazole rings is 1. The lowest BCUT2D eigenvalue weighted by molar-refractivity contribution is -0.149. The van der Waals surface area contributed by atoms with E-state index in [0.717, 1.165) is 0 Å². The maximum absolute atomic E-state index is 13.3. The van der Waals surface area contributed by atoms with Gasteiger partial charge in [0.15, 0.2) is 17.4 Å². The van der Waals surface area contributed by atoms with Gasteiger partial charge in [-0.25, -0.2) is 14.6 Å². The van der Waals surface area contributed by atoms with Crippen molar-refractivity contribution in [1.82, 2.24) is 24.6 Å². The molecule has 2 fully saturated rings. The van der Waals surface area contributed by atoms with Crippen LogP contribution < -0.4 is 15.6 Å². The minimum atomic E-state index is -3.90. The van der Waals surface area contributed by atoms with Crippen LogP contribution in [0.3, 0.4) is 0 Å². The molecule has 4 rings (SSSR count). The number of ether oxygens (including phenoxy) is 3. The molecule has 15 heteroatoms. The number of carbonyl (C=O) groups is 1. The van der Waals surface area contributed by atoms with Crippen molar-refractivity contribution in [1.29, 1.82) is 0 Å². The lowest BCUT2D eigenvalue weighted by Crippen LogP contribution is -2.47. The van der Waals surface area contributed by atoms with Crippen molar-refractivity contribution in [3.8, 4) is 5.88 Å². The van der Waals surface area contributed by atoms with Gasteiger partial charge in [0.05, 0.1) is 25.6 Å². The molecule has 0 bridgehead atoms. The van der Waals surface area contributed by atoms with Crippen molar-refractivity contribution in [3.05, 3.63) is 6.33 Å². The molecular formula is C19H28ClN6O7P. The van der Waals surface area contributed by atoms with E-state index >= 15 is 0 Å². The maximum Gasteiger partial charge on any atom is 0.406 e. The zero-order valence-electron chi connectivity index (χ0n) is 19.4. The topological polar surface area (TPSA) is 162 Å². The second-order valence-electron chi connectivity index (χ2n) is 8.48. The average Bonchev–Trinajstić information content (AvgIpc) is 3.25. The summed E-state index contributed by atoms with van der Waals surface area (Å²) < 4.78 is 42.9. The Kier molecular flexibility index (Phi) is 6.80. The van der Waals surface area contributed by atoms with E-state index in [1.807, 2.05) is 6.92 Å². The third kappa shape index (κ3) is 4.60. The van der Waals surface area contributed by atoms with Crippen LogP contribution in [0, 0.1) is 0 Å². The van der Waals surface area contributed by atoms with E-state index in [1.165, 1.54) is 13.3 Å². The van der Waals surface area contributed by atoms with Gasteiger partial charge in [-0.15, -0.1) is 11.6 Å². The molecular weight excluding hydrogens is 491 g/mol. The predicted molar refractivity (Wildman–Crippen MR) is 121 cm³/mol. The Morgan fingerprint density at radius 2 is 2.18 bits per heavy atom. The zero-order chi connectivity index (χ0) is 24.8. The molecule has 188 valence electrons. The number of nitrogen functional groups attached to an aromatic ring is 1. The summed E-state index contributed by atoms with van der Waals surface area (Å²) in [6.07, 6.45) is -1.14. The normalized spacial score (nSPS) is 32.0. The molecule has 0 aliphatic carbocycles. The van der Waals surface area contributed by atoms with Crippen molar-refractivity contribution in [2.24, 2.45) is 0 Å². The molecule has 2 aliphatic heterocycles. The molecule has 0 amide bonds. The van der Waals surface area contributed by atoms with Crippen LogP contribution in [-0.4, -0.2) is 67.9 Å². The number of aromatic nitrogens is 4. The first kappa shape index (κ1) is 25.1. The van der Waals surface area contributed by atoms with Crippen LogP contribution in [-0.2, 0) is 27.9 Å². The number of anilines is 1. The maximum atomic E-state index is 13.3. The molecule has 2 aromatic rings. The van der Waals surface area contributed by atoms with Gasteiger partial charge in [-0.05, 0) is 34.6 Å². The van der Waals surface area contributed by atoms with Gasteiger partial charge in [0, 0.05) is 0 Å². The van der Waals surface area contributed by atoms with Crippen LogP contribution in [0.1, 0.15) is 40.8 Å². The van der Waals surface area contributed by atoms with E-state index in [1.54, 1.807) is 25.3 Å². The minimum absolute atomic E-state index is 0.0000513. The van der Waals surface area contributed by atoms with E-state index in [0.29, 0.717) is 17.8 Å². The Bertz CT molecular complexity index is 1130. The first-order valence-electron chi connectivity index (χ1n) is 10.8. The minimum Gasteiger partial charge on any atom is -0.476 e. The fourth-order valence-electron chi connectivity index (χ4n) is 3.87. The average molecular weight is 519 g/mol. The van der Waals surface area contributed by atoms with Crippen molar-refractivity contribution in [2.75, 3.05) is 18.9 Å². The van der Waals surface area contributed by atoms with Crippen LogP contribution in [0.15, 0.2) is 6.33 Å². The third-order valence-corrected chi connectivity index (χ3v) is 7.44. The molecule has 2 aromatic heterocycles. The number of nitrogens with two attached hydrogens (primary N) is 1. The highest BCUT2D eigenvalue weighted by Crippen LogP contribution is 2.57. The second-order valence-corrected chi connectivity index (χ2v) is 11.0. The van der Waals surface area contributed by atoms with Gasteiger partial charge >= 0.3 is 13.7 Å². The molecule has 0 aromatic carbocycles. The lowest BCUT2D eigenvalue weighted by Gasteiger charge is -2.36. The highest BCUT2D eigenvalue weighted by atomic mass is 35.5. The lowest BCUT2D eigenvalue weighted by atomic mass is 10.0. The monoisotopic (exact) mass is 518 g/mol. The number of rotatable bonds is 7. The van der Waals surface area contributed by atoms with Gasteiger partial charge in [0.25, 0.3) is 0 Å². The summed E-state index contributed by atoms with van der Waals surface area (Å²) in [5.41, 5.74) is 6.61. The fourth-order valence-corrected chi connectivity index (χ4v) is 6.04. The van der Waals surface area contributed by atoms with E-state index in [9.17, 15) is 9.36 Å². The molecule has 6 atom stereocenters. The van der Waals surface area contributed by atoms with Crippen molar-refractivity contribution in [2.45, 2.75) is 70.1 Å². The number of carbonyl (C=O) groups excluding carboxylic acids is 1. The quantitative estimate of drug-likeness (QED) is 0.312. The molecule has 13 nitrogen and oxygen atoms in total. The number of esters is 1. The van der Waals surface area contributed by atoms with Crippen LogP contribution in [0.5, 0.6) is 5.88 Å². The number of hydrogen-bond acceptors (Lipinski definition) is 11. The Morgan fingerprint density at radius 3 is 2.85 bits per heavy atom.